The minimum Gasteiger partial charge on any atom is -0.402 e. The van der Waals surface area contributed by atoms with Crippen molar-refractivity contribution in [1.29, 1.82) is 0 Å². The van der Waals surface area contributed by atoms with E-state index in [1.165, 1.54) is 12.3 Å². The van der Waals surface area contributed by atoms with Gasteiger partial charge in [0.1, 0.15) is 11.6 Å². The molecule has 8 nitrogen and oxygen atoms in total. The first-order chi connectivity index (χ1) is 15.3. The molecule has 0 aromatic carbocycles. The lowest BCUT2D eigenvalue weighted by Gasteiger charge is -2.35. The van der Waals surface area contributed by atoms with E-state index >= 15 is 0 Å². The molecule has 2 saturated heterocycles. The lowest BCUT2D eigenvalue weighted by Crippen LogP contribution is -2.47. The number of nitrogens with two attached hydrogens (primary N) is 1. The molecular weight excluding hydrogens is 425 g/mol. The van der Waals surface area contributed by atoms with E-state index in [0.717, 1.165) is 50.5 Å². The van der Waals surface area contributed by atoms with Crippen LogP contribution in [0.4, 0.5) is 24.8 Å². The maximum Gasteiger partial charge on any atom is 0.573 e. The maximum atomic E-state index is 12.7. The number of methoxy groups -OCH3 is 1. The number of nitrogens with zero attached hydrogens (tertiary/aromatic N) is 5. The van der Waals surface area contributed by atoms with E-state index < -0.39 is 12.1 Å². The van der Waals surface area contributed by atoms with E-state index in [4.69, 9.17) is 15.5 Å². The average Bonchev–Trinajstić information content (AvgIpc) is 3.42. The quantitative estimate of drug-likeness (QED) is 0.689. The Hall–Kier alpha value is -2.66. The molecule has 11 heteroatoms. The molecule has 0 unspecified atom stereocenters. The molecule has 32 heavy (non-hydrogen) atoms. The summed E-state index contributed by atoms with van der Waals surface area (Å²) in [5, 5.41) is 0. The second-order valence-corrected chi connectivity index (χ2v) is 8.58. The van der Waals surface area contributed by atoms with Crippen LogP contribution >= 0.6 is 0 Å². The summed E-state index contributed by atoms with van der Waals surface area (Å²) in [6, 6.07) is 3.86. The summed E-state index contributed by atoms with van der Waals surface area (Å²) in [4.78, 5) is 18.1. The highest BCUT2D eigenvalue weighted by molar-refractivity contribution is 5.67. The van der Waals surface area contributed by atoms with Gasteiger partial charge < -0.3 is 20.1 Å². The van der Waals surface area contributed by atoms with Gasteiger partial charge in [-0.05, 0) is 25.3 Å². The number of halogens is 3. The summed E-state index contributed by atoms with van der Waals surface area (Å²) in [6.45, 7) is 3.42. The zero-order valence-corrected chi connectivity index (χ0v) is 17.7. The van der Waals surface area contributed by atoms with Gasteiger partial charge in [0.15, 0.2) is 11.6 Å². The molecule has 0 radical (unpaired) electrons. The van der Waals surface area contributed by atoms with Gasteiger partial charge in [0.2, 0.25) is 0 Å². The van der Waals surface area contributed by atoms with Gasteiger partial charge in [0.05, 0.1) is 12.3 Å². The smallest absolute Gasteiger partial charge is 0.402 e. The molecule has 1 saturated carbocycles. The van der Waals surface area contributed by atoms with Crippen LogP contribution in [0.5, 0.6) is 5.75 Å². The van der Waals surface area contributed by atoms with Crippen molar-refractivity contribution in [1.82, 2.24) is 19.9 Å². The first kappa shape index (κ1) is 21.2. The Bertz CT molecular complexity index is 1000. The first-order valence-corrected chi connectivity index (χ1v) is 10.7. The number of piperazine rings is 1. The Kier molecular flexibility index (Phi) is 5.32. The van der Waals surface area contributed by atoms with E-state index in [9.17, 15) is 13.2 Å². The van der Waals surface area contributed by atoms with Crippen LogP contribution in [0.1, 0.15) is 31.0 Å². The first-order valence-electron chi connectivity index (χ1n) is 10.7. The van der Waals surface area contributed by atoms with Gasteiger partial charge in [-0.3, -0.25) is 4.90 Å². The number of ether oxygens (including phenoxy) is 2. The van der Waals surface area contributed by atoms with E-state index in [0.29, 0.717) is 35.9 Å². The van der Waals surface area contributed by atoms with Crippen molar-refractivity contribution < 1.29 is 22.6 Å². The Balaban J connectivity index is 1.44. The number of rotatable bonds is 7. The normalized spacial score (nSPS) is 23.2. The number of alkyl halides is 3. The fourth-order valence-corrected chi connectivity index (χ4v) is 4.59. The van der Waals surface area contributed by atoms with Crippen LogP contribution in [0.3, 0.4) is 0 Å². The fraction of sp³-hybridized carbons (Fsp3) is 0.571. The summed E-state index contributed by atoms with van der Waals surface area (Å²) < 4.78 is 47.5. The van der Waals surface area contributed by atoms with Gasteiger partial charge >= 0.3 is 6.36 Å². The Morgan fingerprint density at radius 1 is 1.16 bits per heavy atom. The predicted octanol–water partition coefficient (Wildman–Crippen LogP) is 2.81. The highest BCUT2D eigenvalue weighted by Gasteiger charge is 2.44. The van der Waals surface area contributed by atoms with Gasteiger partial charge in [-0.15, -0.1) is 13.2 Å². The summed E-state index contributed by atoms with van der Waals surface area (Å²) >= 11 is 0. The van der Waals surface area contributed by atoms with Crippen LogP contribution in [0.15, 0.2) is 18.3 Å². The number of aromatic nitrogens is 3. The van der Waals surface area contributed by atoms with Crippen LogP contribution in [0, 0.1) is 0 Å². The van der Waals surface area contributed by atoms with Crippen molar-refractivity contribution in [3.8, 4) is 17.0 Å². The highest BCUT2D eigenvalue weighted by atomic mass is 19.4. The number of fused-ring (bicyclic) bond motifs is 2. The SMILES string of the molecule is COCCN1C[C@@H]2C[C@H]1CN2c1cc(-c2cnc(N)c(OC(F)(F)F)c2)nc(C2CC2)n1. The number of hydrogen-bond acceptors (Lipinski definition) is 8. The molecule has 2 aliphatic heterocycles. The summed E-state index contributed by atoms with van der Waals surface area (Å²) in [7, 11) is 1.71. The van der Waals surface area contributed by atoms with Crippen molar-refractivity contribution in [3.63, 3.8) is 0 Å². The van der Waals surface area contributed by atoms with Gasteiger partial charge in [-0.1, -0.05) is 0 Å². The van der Waals surface area contributed by atoms with Gasteiger partial charge in [0.25, 0.3) is 0 Å². The van der Waals surface area contributed by atoms with Crippen molar-refractivity contribution in [2.45, 2.75) is 43.6 Å². The molecule has 172 valence electrons. The summed E-state index contributed by atoms with van der Waals surface area (Å²) in [5.74, 6) is 0.977. The van der Waals surface area contributed by atoms with Crippen LogP contribution in [-0.2, 0) is 4.74 Å². The zero-order chi connectivity index (χ0) is 22.5. The molecule has 2 N–H and O–H groups in total. The molecule has 0 amide bonds. The molecule has 3 fully saturated rings. The summed E-state index contributed by atoms with van der Waals surface area (Å²) in [6.07, 6.45) is -0.336. The number of nitrogen functional groups attached to an aromatic ring is 1. The van der Waals surface area contributed by atoms with E-state index in [-0.39, 0.29) is 5.82 Å². The molecule has 1 aliphatic carbocycles. The van der Waals surface area contributed by atoms with Gasteiger partial charge in [-0.2, -0.15) is 0 Å². The third kappa shape index (κ3) is 4.31. The Morgan fingerprint density at radius 2 is 1.97 bits per heavy atom. The standard InChI is InChI=1S/C21H25F3N6O2/c1-31-5-4-29-10-15-7-14(29)11-30(15)18-8-16(27-20(28-18)12-2-3-12)13-6-17(19(25)26-9-13)32-21(22,23)24/h6,8-9,12,14-15H,2-5,7,10-11H2,1H3,(H2,25,26)/t14-,15-/m0/s1. The third-order valence-electron chi connectivity index (χ3n) is 6.31. The second-order valence-electron chi connectivity index (χ2n) is 8.58. The molecule has 5 rings (SSSR count). The maximum absolute atomic E-state index is 12.7. The number of anilines is 2. The lowest BCUT2D eigenvalue weighted by molar-refractivity contribution is -0.274. The number of likely N-dealkylation sites (tertiary alicyclic amines) is 1. The molecule has 0 spiro atoms. The van der Waals surface area contributed by atoms with Gasteiger partial charge in [-0.25, -0.2) is 15.0 Å². The molecule has 3 aliphatic rings. The minimum atomic E-state index is -4.85. The fourth-order valence-electron chi connectivity index (χ4n) is 4.59. The molecule has 2 aromatic heterocycles. The minimum absolute atomic E-state index is 0.291. The van der Waals surface area contributed by atoms with Crippen molar-refractivity contribution >= 4 is 11.6 Å². The van der Waals surface area contributed by atoms with Crippen LogP contribution in [0.2, 0.25) is 0 Å². The van der Waals surface area contributed by atoms with Crippen LogP contribution in [-0.4, -0.2) is 71.6 Å². The Labute approximate surface area is 183 Å². The van der Waals surface area contributed by atoms with Crippen LogP contribution in [0.25, 0.3) is 11.3 Å². The van der Waals surface area contributed by atoms with E-state index in [2.05, 4.69) is 24.5 Å². The molecule has 4 heterocycles. The van der Waals surface area contributed by atoms with Crippen molar-refractivity contribution in [2.75, 3.05) is 44.0 Å². The van der Waals surface area contributed by atoms with Crippen molar-refractivity contribution in [3.05, 3.63) is 24.2 Å². The highest BCUT2D eigenvalue weighted by Crippen LogP contribution is 2.41. The molecule has 2 bridgehead atoms. The Morgan fingerprint density at radius 3 is 2.62 bits per heavy atom. The summed E-state index contributed by atoms with van der Waals surface area (Å²) in [5.41, 5.74) is 6.53. The lowest BCUT2D eigenvalue weighted by atomic mass is 10.1. The second kappa shape index (κ2) is 8.04. The van der Waals surface area contributed by atoms with Gasteiger partial charge in [0, 0.05) is 62.6 Å². The molecular formula is C21H25F3N6O2. The van der Waals surface area contributed by atoms with Crippen molar-refractivity contribution in [2.24, 2.45) is 0 Å². The largest absolute Gasteiger partial charge is 0.573 e. The zero-order valence-electron chi connectivity index (χ0n) is 17.7. The molecule has 2 atom stereocenters. The predicted molar refractivity (Wildman–Crippen MR) is 111 cm³/mol. The molecule has 2 aromatic rings. The monoisotopic (exact) mass is 450 g/mol. The number of pyridine rings is 1. The average molecular weight is 450 g/mol. The van der Waals surface area contributed by atoms with E-state index in [1.807, 2.05) is 6.07 Å². The third-order valence-corrected chi connectivity index (χ3v) is 6.31. The number of hydrogen-bond donors (Lipinski definition) is 1. The topological polar surface area (TPSA) is 89.6 Å². The van der Waals surface area contributed by atoms with E-state index in [1.54, 1.807) is 7.11 Å². The van der Waals surface area contributed by atoms with Crippen LogP contribution < -0.4 is 15.4 Å².